The van der Waals surface area contributed by atoms with Crippen molar-refractivity contribution in [2.75, 3.05) is 12.3 Å². The lowest BCUT2D eigenvalue weighted by atomic mass is 9.97. The number of nitrogens with zero attached hydrogens (tertiary/aromatic N) is 3. The average molecular weight is 389 g/mol. The number of phosphoric acid groups is 1. The van der Waals surface area contributed by atoms with Gasteiger partial charge in [0, 0.05) is 0 Å². The molecule has 140 valence electrons. The number of hydrogen-bond acceptors (Lipinski definition) is 8. The molecule has 12 nitrogen and oxygen atoms in total. The van der Waals surface area contributed by atoms with E-state index >= 15 is 4.39 Å². The molecule has 3 heterocycles. The van der Waals surface area contributed by atoms with Crippen LogP contribution in [0, 0.1) is 12.3 Å². The van der Waals surface area contributed by atoms with Gasteiger partial charge in [0.15, 0.2) is 17.4 Å². The number of aromatic nitrogens is 4. The second kappa shape index (κ2) is 6.13. The molecule has 1 saturated heterocycles. The van der Waals surface area contributed by atoms with Crippen LogP contribution in [0.15, 0.2) is 11.1 Å². The first kappa shape index (κ1) is 18.5. The fourth-order valence-corrected chi connectivity index (χ4v) is 2.94. The Bertz CT molecular complexity index is 996. The molecule has 6 N–H and O–H groups in total. The molecule has 0 radical (unpaired) electrons. The van der Waals surface area contributed by atoms with Gasteiger partial charge in [-0.1, -0.05) is 5.92 Å². The number of nitrogens with two attached hydrogens (primary N) is 1. The molecular formula is C12H13FN5O7P. The summed E-state index contributed by atoms with van der Waals surface area (Å²) >= 11 is 0. The van der Waals surface area contributed by atoms with Gasteiger partial charge in [-0.25, -0.2) is 13.9 Å². The minimum absolute atomic E-state index is 0.155. The van der Waals surface area contributed by atoms with Crippen molar-refractivity contribution in [1.82, 2.24) is 19.5 Å². The molecule has 0 saturated carbocycles. The monoisotopic (exact) mass is 389 g/mol. The fraction of sp³-hybridized carbons (Fsp3) is 0.417. The highest BCUT2D eigenvalue weighted by atomic mass is 31.2. The summed E-state index contributed by atoms with van der Waals surface area (Å²) < 4.78 is 36.5. The number of imidazole rings is 1. The molecule has 0 unspecified atom stereocenters. The van der Waals surface area contributed by atoms with Gasteiger partial charge in [0.1, 0.15) is 12.2 Å². The number of rotatable bonds is 4. The number of aromatic amines is 1. The van der Waals surface area contributed by atoms with E-state index in [9.17, 15) is 14.5 Å². The van der Waals surface area contributed by atoms with Gasteiger partial charge in [0.2, 0.25) is 11.6 Å². The number of anilines is 1. The molecule has 0 aliphatic carbocycles. The number of aliphatic hydroxyl groups is 1. The van der Waals surface area contributed by atoms with E-state index in [0.29, 0.717) is 0 Å². The van der Waals surface area contributed by atoms with Crippen molar-refractivity contribution in [2.24, 2.45) is 0 Å². The summed E-state index contributed by atoms with van der Waals surface area (Å²) in [5.74, 6) is 1.50. The number of hydrogen-bond donors (Lipinski definition) is 5. The van der Waals surface area contributed by atoms with Gasteiger partial charge in [0.25, 0.3) is 5.56 Å². The third-order valence-corrected chi connectivity index (χ3v) is 4.26. The molecule has 0 spiro atoms. The average Bonchev–Trinajstić information content (AvgIpc) is 3.06. The molecular weight excluding hydrogens is 376 g/mol. The van der Waals surface area contributed by atoms with Crippen LogP contribution in [0.3, 0.4) is 0 Å². The first-order valence-corrected chi connectivity index (χ1v) is 8.52. The number of terminal acetylenes is 1. The smallest absolute Gasteiger partial charge is 0.386 e. The van der Waals surface area contributed by atoms with Crippen LogP contribution >= 0.6 is 7.82 Å². The van der Waals surface area contributed by atoms with Gasteiger partial charge in [-0.2, -0.15) is 4.98 Å². The second-order valence-corrected chi connectivity index (χ2v) is 6.69. The number of ether oxygens (including phenoxy) is 1. The van der Waals surface area contributed by atoms with Crippen molar-refractivity contribution in [3.8, 4) is 12.3 Å². The van der Waals surface area contributed by atoms with Crippen molar-refractivity contribution in [3.63, 3.8) is 0 Å². The molecule has 0 amide bonds. The van der Waals surface area contributed by atoms with Crippen LogP contribution in [0.5, 0.6) is 0 Å². The molecule has 14 heteroatoms. The zero-order chi connectivity index (χ0) is 19.3. The lowest BCUT2D eigenvalue weighted by Gasteiger charge is -2.23. The number of halogens is 1. The molecule has 4 atom stereocenters. The summed E-state index contributed by atoms with van der Waals surface area (Å²) in [6.45, 7) is -0.835. The third kappa shape index (κ3) is 2.99. The quantitative estimate of drug-likeness (QED) is 0.301. The van der Waals surface area contributed by atoms with Crippen LogP contribution in [-0.4, -0.2) is 58.9 Å². The molecule has 2 aromatic rings. The second-order valence-electron chi connectivity index (χ2n) is 5.45. The number of alkyl halides is 1. The van der Waals surface area contributed by atoms with E-state index in [1.807, 2.05) is 0 Å². The molecule has 1 aliphatic heterocycles. The number of phosphoric ester groups is 1. The molecule has 1 aliphatic rings. The SMILES string of the molecule is C#C[C@@]1(F)[C@H](O)[C@@H](COP(=O)(O)O)O[C@H]1n1cnc2c(=O)[nH]c(N)nc21. The van der Waals surface area contributed by atoms with Gasteiger partial charge in [-0.3, -0.25) is 18.9 Å². The summed E-state index contributed by atoms with van der Waals surface area (Å²) in [7, 11) is -4.89. The highest BCUT2D eigenvalue weighted by Crippen LogP contribution is 2.44. The van der Waals surface area contributed by atoms with E-state index in [1.54, 1.807) is 5.92 Å². The van der Waals surface area contributed by atoms with Gasteiger partial charge >= 0.3 is 7.82 Å². The number of nitrogens with one attached hydrogen (secondary N) is 1. The zero-order valence-corrected chi connectivity index (χ0v) is 13.7. The Morgan fingerprint density at radius 2 is 2.31 bits per heavy atom. The van der Waals surface area contributed by atoms with E-state index in [0.717, 1.165) is 10.9 Å². The Hall–Kier alpha value is -2.33. The summed E-state index contributed by atoms with van der Waals surface area (Å²) in [4.78, 5) is 39.2. The lowest BCUT2D eigenvalue weighted by Crippen LogP contribution is -2.42. The van der Waals surface area contributed by atoms with Crippen molar-refractivity contribution in [3.05, 3.63) is 16.7 Å². The minimum Gasteiger partial charge on any atom is -0.386 e. The highest BCUT2D eigenvalue weighted by Gasteiger charge is 2.58. The minimum atomic E-state index is -4.89. The maximum atomic E-state index is 15.2. The summed E-state index contributed by atoms with van der Waals surface area (Å²) in [5, 5.41) is 10.1. The third-order valence-electron chi connectivity index (χ3n) is 3.78. The van der Waals surface area contributed by atoms with Gasteiger partial charge < -0.3 is 25.4 Å². The Morgan fingerprint density at radius 1 is 1.62 bits per heavy atom. The topological polar surface area (TPSA) is 186 Å². The van der Waals surface area contributed by atoms with E-state index in [-0.39, 0.29) is 17.1 Å². The zero-order valence-electron chi connectivity index (χ0n) is 12.8. The van der Waals surface area contributed by atoms with Crippen molar-refractivity contribution in [1.29, 1.82) is 0 Å². The molecule has 26 heavy (non-hydrogen) atoms. The normalized spacial score (nSPS) is 29.1. The lowest BCUT2D eigenvalue weighted by molar-refractivity contribution is -0.0496. The summed E-state index contributed by atoms with van der Waals surface area (Å²) in [6.07, 6.45) is 1.02. The first-order valence-electron chi connectivity index (χ1n) is 6.99. The number of aliphatic hydroxyl groups excluding tert-OH is 1. The molecule has 3 rings (SSSR count). The van der Waals surface area contributed by atoms with Crippen molar-refractivity contribution in [2.45, 2.75) is 24.1 Å². The van der Waals surface area contributed by atoms with Crippen LogP contribution in [0.2, 0.25) is 0 Å². The first-order chi connectivity index (χ1) is 12.1. The van der Waals surface area contributed by atoms with Crippen LogP contribution in [0.1, 0.15) is 6.23 Å². The maximum Gasteiger partial charge on any atom is 0.469 e. The van der Waals surface area contributed by atoms with Crippen molar-refractivity contribution < 1.29 is 33.1 Å². The van der Waals surface area contributed by atoms with Crippen LogP contribution in [0.25, 0.3) is 11.2 Å². The molecule has 1 fully saturated rings. The van der Waals surface area contributed by atoms with E-state index in [2.05, 4.69) is 19.5 Å². The Balaban J connectivity index is 2.03. The molecule has 0 bridgehead atoms. The largest absolute Gasteiger partial charge is 0.469 e. The highest BCUT2D eigenvalue weighted by molar-refractivity contribution is 7.46. The fourth-order valence-electron chi connectivity index (χ4n) is 2.60. The van der Waals surface area contributed by atoms with Crippen LogP contribution < -0.4 is 11.3 Å². The Kier molecular flexibility index (Phi) is 4.35. The van der Waals surface area contributed by atoms with Crippen LogP contribution in [-0.2, 0) is 13.8 Å². The van der Waals surface area contributed by atoms with Gasteiger partial charge in [-0.15, -0.1) is 6.42 Å². The summed E-state index contributed by atoms with van der Waals surface area (Å²) in [5.41, 5.74) is 1.63. The number of nitrogen functional groups attached to an aromatic ring is 1. The molecule has 0 aromatic carbocycles. The maximum absolute atomic E-state index is 15.2. The predicted molar refractivity (Wildman–Crippen MR) is 83.1 cm³/mol. The number of fused-ring (bicyclic) bond motifs is 1. The summed E-state index contributed by atoms with van der Waals surface area (Å²) in [6, 6.07) is 0. The molecule has 2 aromatic heterocycles. The van der Waals surface area contributed by atoms with Crippen molar-refractivity contribution >= 4 is 24.9 Å². The van der Waals surface area contributed by atoms with Crippen LogP contribution in [0.4, 0.5) is 10.3 Å². The van der Waals surface area contributed by atoms with E-state index < -0.39 is 44.1 Å². The standard InChI is InChI=1S/C12H13FN5O7P/c1-2-12(13)7(19)5(3-24-26(21,22)23)25-10(12)18-4-15-6-8(18)16-11(14)17-9(6)20/h1,4-5,7,10,19H,3H2,(H2,21,22,23)(H3,14,16,17,20)/t5-,7-,10-,12-/m1/s1. The Morgan fingerprint density at radius 3 is 2.92 bits per heavy atom. The van der Waals surface area contributed by atoms with Gasteiger partial charge in [0.05, 0.1) is 12.9 Å². The predicted octanol–water partition coefficient (Wildman–Crippen LogP) is -1.59. The van der Waals surface area contributed by atoms with E-state index in [4.69, 9.17) is 26.7 Å². The Labute approximate surface area is 144 Å². The van der Waals surface area contributed by atoms with Gasteiger partial charge in [-0.05, 0) is 0 Å². The van der Waals surface area contributed by atoms with E-state index in [1.165, 1.54) is 0 Å². The number of H-pyrrole nitrogens is 1.